The zero-order valence-corrected chi connectivity index (χ0v) is 17.4. The third-order valence-corrected chi connectivity index (χ3v) is 6.84. The fourth-order valence-electron chi connectivity index (χ4n) is 3.61. The van der Waals surface area contributed by atoms with Crippen molar-refractivity contribution in [2.75, 3.05) is 41.0 Å². The molecule has 1 atom stereocenters. The van der Waals surface area contributed by atoms with Crippen LogP contribution in [0.5, 0.6) is 0 Å². The highest BCUT2D eigenvalue weighted by molar-refractivity contribution is 7.98. The molecule has 0 radical (unpaired) electrons. The Kier molecular flexibility index (Phi) is 5.82. The molecule has 1 N–H and O–H groups in total. The SMILES string of the molecule is CSc1cccc(NC(=O)C2CCCN(c3nnc(N4CCCC4=O)s3)C2)c1. The van der Waals surface area contributed by atoms with E-state index < -0.39 is 0 Å². The zero-order valence-electron chi connectivity index (χ0n) is 15.8. The quantitative estimate of drug-likeness (QED) is 0.753. The lowest BCUT2D eigenvalue weighted by Crippen LogP contribution is -2.40. The van der Waals surface area contributed by atoms with Gasteiger partial charge in [-0.3, -0.25) is 14.5 Å². The summed E-state index contributed by atoms with van der Waals surface area (Å²) >= 11 is 3.09. The molecule has 2 fully saturated rings. The van der Waals surface area contributed by atoms with Crippen molar-refractivity contribution in [3.05, 3.63) is 24.3 Å². The maximum absolute atomic E-state index is 12.8. The van der Waals surface area contributed by atoms with Gasteiger partial charge < -0.3 is 10.2 Å². The van der Waals surface area contributed by atoms with Gasteiger partial charge in [0.05, 0.1) is 5.92 Å². The first-order valence-electron chi connectivity index (χ1n) is 9.48. The number of hydrogen-bond acceptors (Lipinski definition) is 7. The van der Waals surface area contributed by atoms with Crippen molar-refractivity contribution < 1.29 is 9.59 Å². The molecule has 1 unspecified atom stereocenters. The number of rotatable bonds is 5. The lowest BCUT2D eigenvalue weighted by atomic mass is 9.97. The van der Waals surface area contributed by atoms with E-state index in [1.54, 1.807) is 16.7 Å². The maximum Gasteiger partial charge on any atom is 0.229 e. The Hall–Kier alpha value is -2.13. The summed E-state index contributed by atoms with van der Waals surface area (Å²) in [5.74, 6) is 0.0703. The van der Waals surface area contributed by atoms with Gasteiger partial charge in [-0.25, -0.2) is 0 Å². The highest BCUT2D eigenvalue weighted by Crippen LogP contribution is 2.32. The van der Waals surface area contributed by atoms with E-state index in [-0.39, 0.29) is 17.7 Å². The second-order valence-electron chi connectivity index (χ2n) is 7.02. The van der Waals surface area contributed by atoms with E-state index in [0.29, 0.717) is 24.6 Å². The fraction of sp³-hybridized carbons (Fsp3) is 0.474. The van der Waals surface area contributed by atoms with Crippen LogP contribution < -0.4 is 15.1 Å². The minimum Gasteiger partial charge on any atom is -0.346 e. The molecule has 0 saturated carbocycles. The highest BCUT2D eigenvalue weighted by Gasteiger charge is 2.30. The van der Waals surface area contributed by atoms with Crippen LogP contribution in [0.2, 0.25) is 0 Å². The van der Waals surface area contributed by atoms with Gasteiger partial charge in [0.25, 0.3) is 0 Å². The third kappa shape index (κ3) is 4.15. The number of nitrogens with one attached hydrogen (secondary N) is 1. The topological polar surface area (TPSA) is 78.4 Å². The Morgan fingerprint density at radius 2 is 2.11 bits per heavy atom. The van der Waals surface area contributed by atoms with Crippen LogP contribution in [0.15, 0.2) is 29.2 Å². The number of carbonyl (C=O) groups is 2. The van der Waals surface area contributed by atoms with Crippen LogP contribution in [0.3, 0.4) is 0 Å². The largest absolute Gasteiger partial charge is 0.346 e. The average molecular weight is 418 g/mol. The predicted molar refractivity (Wildman–Crippen MR) is 113 cm³/mol. The number of anilines is 3. The predicted octanol–water partition coefficient (Wildman–Crippen LogP) is 3.24. The normalized spacial score (nSPS) is 19.9. The molecule has 2 aliphatic heterocycles. The summed E-state index contributed by atoms with van der Waals surface area (Å²) in [4.78, 5) is 29.6. The van der Waals surface area contributed by atoms with E-state index in [2.05, 4.69) is 20.4 Å². The Morgan fingerprint density at radius 1 is 1.25 bits per heavy atom. The van der Waals surface area contributed by atoms with Crippen molar-refractivity contribution in [3.8, 4) is 0 Å². The smallest absolute Gasteiger partial charge is 0.229 e. The van der Waals surface area contributed by atoms with Crippen molar-refractivity contribution in [1.82, 2.24) is 10.2 Å². The van der Waals surface area contributed by atoms with Crippen molar-refractivity contribution in [2.45, 2.75) is 30.6 Å². The maximum atomic E-state index is 12.8. The van der Waals surface area contributed by atoms with Crippen LogP contribution in [0, 0.1) is 5.92 Å². The van der Waals surface area contributed by atoms with Crippen LogP contribution in [0.25, 0.3) is 0 Å². The van der Waals surface area contributed by atoms with Gasteiger partial charge in [0.1, 0.15) is 0 Å². The Labute approximate surface area is 172 Å². The minimum atomic E-state index is -0.0903. The standard InChI is InChI=1S/C19H23N5O2S2/c1-27-15-7-2-6-14(11-15)20-17(26)13-5-3-9-23(12-13)18-21-22-19(28-18)24-10-4-8-16(24)25/h2,6-7,11,13H,3-5,8-10,12H2,1H3,(H,20,26). The average Bonchev–Trinajstić information content (AvgIpc) is 3.37. The van der Waals surface area contributed by atoms with E-state index in [0.717, 1.165) is 41.5 Å². The molecule has 0 bridgehead atoms. The Balaban J connectivity index is 1.40. The van der Waals surface area contributed by atoms with Crippen LogP contribution in [0.1, 0.15) is 25.7 Å². The molecule has 148 valence electrons. The molecule has 9 heteroatoms. The first-order chi connectivity index (χ1) is 13.6. The first kappa shape index (κ1) is 19.2. The monoisotopic (exact) mass is 417 g/mol. The molecule has 2 amide bonds. The van der Waals surface area contributed by atoms with Crippen molar-refractivity contribution in [3.63, 3.8) is 0 Å². The molecule has 2 saturated heterocycles. The molecule has 1 aromatic carbocycles. The van der Waals surface area contributed by atoms with E-state index >= 15 is 0 Å². The van der Waals surface area contributed by atoms with Gasteiger partial charge >= 0.3 is 0 Å². The molecule has 4 rings (SSSR count). The van der Waals surface area contributed by atoms with Crippen LogP contribution in [0.4, 0.5) is 16.0 Å². The second-order valence-corrected chi connectivity index (χ2v) is 8.84. The number of amides is 2. The molecule has 0 spiro atoms. The molecular formula is C19H23N5O2S2. The lowest BCUT2D eigenvalue weighted by molar-refractivity contribution is -0.120. The summed E-state index contributed by atoms with van der Waals surface area (Å²) in [7, 11) is 0. The summed E-state index contributed by atoms with van der Waals surface area (Å²) in [6, 6.07) is 7.90. The Bertz CT molecular complexity index is 872. The Morgan fingerprint density at radius 3 is 2.89 bits per heavy atom. The van der Waals surface area contributed by atoms with Crippen molar-refractivity contribution in [2.24, 2.45) is 5.92 Å². The van der Waals surface area contributed by atoms with Crippen LogP contribution >= 0.6 is 23.1 Å². The summed E-state index contributed by atoms with van der Waals surface area (Å²) < 4.78 is 0. The van der Waals surface area contributed by atoms with Crippen LogP contribution in [-0.2, 0) is 9.59 Å². The van der Waals surface area contributed by atoms with E-state index in [9.17, 15) is 9.59 Å². The zero-order chi connectivity index (χ0) is 19.5. The van der Waals surface area contributed by atoms with Crippen molar-refractivity contribution >= 4 is 50.9 Å². The molecule has 2 aromatic rings. The summed E-state index contributed by atoms with van der Waals surface area (Å²) in [6.45, 7) is 2.19. The van der Waals surface area contributed by atoms with E-state index in [1.807, 2.05) is 30.5 Å². The molecule has 0 aliphatic carbocycles. The van der Waals surface area contributed by atoms with Gasteiger partial charge in [-0.2, -0.15) is 0 Å². The minimum absolute atomic E-state index is 0.0439. The van der Waals surface area contributed by atoms with Gasteiger partial charge in [0, 0.05) is 36.6 Å². The second kappa shape index (κ2) is 8.48. The van der Waals surface area contributed by atoms with Crippen LogP contribution in [-0.4, -0.2) is 47.9 Å². The molecular weight excluding hydrogens is 394 g/mol. The number of aromatic nitrogens is 2. The number of benzene rings is 1. The molecule has 7 nitrogen and oxygen atoms in total. The number of thioether (sulfide) groups is 1. The number of piperidine rings is 1. The van der Waals surface area contributed by atoms with E-state index in [1.165, 1.54) is 11.3 Å². The third-order valence-electron chi connectivity index (χ3n) is 5.11. The first-order valence-corrected chi connectivity index (χ1v) is 11.5. The van der Waals surface area contributed by atoms with E-state index in [4.69, 9.17) is 0 Å². The van der Waals surface area contributed by atoms with Gasteiger partial charge in [0.2, 0.25) is 22.1 Å². The molecule has 1 aromatic heterocycles. The molecule has 28 heavy (non-hydrogen) atoms. The number of carbonyl (C=O) groups excluding carboxylic acids is 2. The van der Waals surface area contributed by atoms with Gasteiger partial charge in [-0.05, 0) is 43.7 Å². The summed E-state index contributed by atoms with van der Waals surface area (Å²) in [6.07, 6.45) is 5.27. The number of nitrogens with zero attached hydrogens (tertiary/aromatic N) is 4. The highest BCUT2D eigenvalue weighted by atomic mass is 32.2. The molecule has 3 heterocycles. The fourth-order valence-corrected chi connectivity index (χ4v) is 4.99. The summed E-state index contributed by atoms with van der Waals surface area (Å²) in [5.41, 5.74) is 0.833. The van der Waals surface area contributed by atoms with Crippen molar-refractivity contribution in [1.29, 1.82) is 0 Å². The van der Waals surface area contributed by atoms with Gasteiger partial charge in [-0.1, -0.05) is 17.4 Å². The summed E-state index contributed by atoms with van der Waals surface area (Å²) in [5, 5.41) is 13.0. The van der Waals surface area contributed by atoms with Gasteiger partial charge in [0.15, 0.2) is 0 Å². The lowest BCUT2D eigenvalue weighted by Gasteiger charge is -2.31. The number of hydrogen-bond donors (Lipinski definition) is 1. The molecule has 2 aliphatic rings. The van der Waals surface area contributed by atoms with Gasteiger partial charge in [-0.15, -0.1) is 22.0 Å².